The summed E-state index contributed by atoms with van der Waals surface area (Å²) in [5.74, 6) is -1.87. The first-order valence-electron chi connectivity index (χ1n) is 4.60. The molecule has 0 atom stereocenters. The van der Waals surface area contributed by atoms with Crippen LogP contribution in [0.4, 0.5) is 13.2 Å². The molecule has 0 aromatic carbocycles. The van der Waals surface area contributed by atoms with Gasteiger partial charge in [-0.1, -0.05) is 12.8 Å². The third-order valence-corrected chi connectivity index (χ3v) is 1.89. The standard InChI is InChI=1S/C8H14F3NO2S/c9-8(10,11)7(13)12-5-3-1-2-4-6-14-15/h15H,1-6H2,(H,12,13). The van der Waals surface area contributed by atoms with Crippen LogP contribution in [0.3, 0.4) is 0 Å². The first-order valence-corrected chi connectivity index (χ1v) is 4.96. The molecule has 1 amide bonds. The van der Waals surface area contributed by atoms with Crippen LogP contribution in [0, 0.1) is 0 Å². The van der Waals surface area contributed by atoms with Crippen LogP contribution < -0.4 is 5.32 Å². The third kappa shape index (κ3) is 8.56. The summed E-state index contributed by atoms with van der Waals surface area (Å²) < 4.78 is 39.6. The lowest BCUT2D eigenvalue weighted by Gasteiger charge is -2.07. The van der Waals surface area contributed by atoms with Crippen LogP contribution in [0.15, 0.2) is 0 Å². The van der Waals surface area contributed by atoms with Crippen molar-refractivity contribution >= 4 is 18.8 Å². The Labute approximate surface area is 92.0 Å². The Kier molecular flexibility index (Phi) is 7.59. The molecular weight excluding hydrogens is 231 g/mol. The quantitative estimate of drug-likeness (QED) is 0.409. The molecule has 7 heteroatoms. The van der Waals surface area contributed by atoms with Gasteiger partial charge < -0.3 is 9.50 Å². The summed E-state index contributed by atoms with van der Waals surface area (Å²) in [6.45, 7) is 0.581. The Morgan fingerprint density at radius 3 is 2.33 bits per heavy atom. The fourth-order valence-corrected chi connectivity index (χ4v) is 1.08. The monoisotopic (exact) mass is 245 g/mol. The summed E-state index contributed by atoms with van der Waals surface area (Å²) >= 11 is 3.54. The van der Waals surface area contributed by atoms with Crippen molar-refractivity contribution in [3.05, 3.63) is 0 Å². The van der Waals surface area contributed by atoms with Crippen LogP contribution in [0.2, 0.25) is 0 Å². The molecule has 0 aliphatic carbocycles. The molecule has 0 aliphatic rings. The Balaban J connectivity index is 3.28. The van der Waals surface area contributed by atoms with Gasteiger partial charge in [0.1, 0.15) is 0 Å². The van der Waals surface area contributed by atoms with Crippen LogP contribution in [-0.4, -0.2) is 25.2 Å². The summed E-state index contributed by atoms with van der Waals surface area (Å²) in [4.78, 5) is 10.3. The van der Waals surface area contributed by atoms with E-state index >= 15 is 0 Å². The highest BCUT2D eigenvalue weighted by atomic mass is 32.1. The zero-order valence-corrected chi connectivity index (χ0v) is 9.03. The van der Waals surface area contributed by atoms with Gasteiger partial charge in [-0.05, 0) is 25.8 Å². The van der Waals surface area contributed by atoms with Crippen molar-refractivity contribution in [3.63, 3.8) is 0 Å². The van der Waals surface area contributed by atoms with Crippen LogP contribution in [-0.2, 0) is 8.98 Å². The second kappa shape index (κ2) is 7.81. The van der Waals surface area contributed by atoms with Crippen molar-refractivity contribution in [2.24, 2.45) is 0 Å². The fourth-order valence-electron chi connectivity index (χ4n) is 0.947. The predicted octanol–water partition coefficient (Wildman–Crippen LogP) is 2.09. The molecule has 0 saturated heterocycles. The van der Waals surface area contributed by atoms with E-state index in [4.69, 9.17) is 0 Å². The normalized spacial score (nSPS) is 11.5. The number of carbonyl (C=O) groups excluding carboxylic acids is 1. The van der Waals surface area contributed by atoms with E-state index in [0.29, 0.717) is 13.0 Å². The van der Waals surface area contributed by atoms with E-state index in [1.54, 1.807) is 5.32 Å². The number of carbonyl (C=O) groups is 1. The number of hydrogen-bond acceptors (Lipinski definition) is 3. The summed E-state index contributed by atoms with van der Waals surface area (Å²) in [6.07, 6.45) is -1.82. The molecule has 0 aromatic heterocycles. The molecule has 3 nitrogen and oxygen atoms in total. The minimum Gasteiger partial charge on any atom is -0.348 e. The Morgan fingerprint density at radius 1 is 1.20 bits per heavy atom. The zero-order chi connectivity index (χ0) is 11.7. The molecule has 0 heterocycles. The number of alkyl halides is 3. The van der Waals surface area contributed by atoms with Gasteiger partial charge in [0.25, 0.3) is 0 Å². The van der Waals surface area contributed by atoms with E-state index in [0.717, 1.165) is 19.3 Å². The highest BCUT2D eigenvalue weighted by Crippen LogP contribution is 2.13. The molecule has 1 N–H and O–H groups in total. The molecule has 90 valence electrons. The van der Waals surface area contributed by atoms with Gasteiger partial charge in [-0.15, -0.1) is 0 Å². The summed E-state index contributed by atoms with van der Waals surface area (Å²) in [5.41, 5.74) is 0. The number of thiol groups is 1. The molecule has 0 rings (SSSR count). The lowest BCUT2D eigenvalue weighted by atomic mass is 10.2. The summed E-state index contributed by atoms with van der Waals surface area (Å²) in [5, 5.41) is 1.80. The molecule has 0 bridgehead atoms. The second-order valence-corrected chi connectivity index (χ2v) is 3.26. The lowest BCUT2D eigenvalue weighted by molar-refractivity contribution is -0.173. The van der Waals surface area contributed by atoms with Crippen LogP contribution in [0.5, 0.6) is 0 Å². The van der Waals surface area contributed by atoms with Crippen molar-refractivity contribution in [2.45, 2.75) is 31.9 Å². The first kappa shape index (κ1) is 14.6. The van der Waals surface area contributed by atoms with Crippen LogP contribution in [0.25, 0.3) is 0 Å². The summed E-state index contributed by atoms with van der Waals surface area (Å²) in [7, 11) is 0. The minimum absolute atomic E-state index is 0.0556. The van der Waals surface area contributed by atoms with E-state index in [-0.39, 0.29) is 6.54 Å². The molecule has 0 aromatic rings. The molecule has 0 saturated carbocycles. The highest BCUT2D eigenvalue weighted by Gasteiger charge is 2.37. The average Bonchev–Trinajstić information content (AvgIpc) is 2.14. The van der Waals surface area contributed by atoms with Crippen molar-refractivity contribution < 1.29 is 22.1 Å². The predicted molar refractivity (Wildman–Crippen MR) is 52.5 cm³/mol. The second-order valence-electron chi connectivity index (χ2n) is 3.00. The topological polar surface area (TPSA) is 38.3 Å². The van der Waals surface area contributed by atoms with Gasteiger partial charge in [-0.3, -0.25) is 4.79 Å². The van der Waals surface area contributed by atoms with E-state index in [1.807, 2.05) is 0 Å². The van der Waals surface area contributed by atoms with Gasteiger partial charge in [0.15, 0.2) is 0 Å². The zero-order valence-electron chi connectivity index (χ0n) is 8.14. The maximum Gasteiger partial charge on any atom is 0.471 e. The number of nitrogens with one attached hydrogen (secondary N) is 1. The fraction of sp³-hybridized carbons (Fsp3) is 0.875. The van der Waals surface area contributed by atoms with E-state index in [9.17, 15) is 18.0 Å². The Bertz CT molecular complexity index is 187. The van der Waals surface area contributed by atoms with Crippen LogP contribution >= 0.6 is 12.9 Å². The number of unbranched alkanes of at least 4 members (excludes halogenated alkanes) is 3. The van der Waals surface area contributed by atoms with Gasteiger partial charge >= 0.3 is 12.1 Å². The number of amides is 1. The van der Waals surface area contributed by atoms with E-state index < -0.39 is 12.1 Å². The smallest absolute Gasteiger partial charge is 0.348 e. The van der Waals surface area contributed by atoms with E-state index in [1.165, 1.54) is 0 Å². The lowest BCUT2D eigenvalue weighted by Crippen LogP contribution is -2.37. The first-order chi connectivity index (χ1) is 6.98. The molecule has 15 heavy (non-hydrogen) atoms. The molecule has 0 radical (unpaired) electrons. The molecule has 0 aliphatic heterocycles. The Morgan fingerprint density at radius 2 is 1.80 bits per heavy atom. The van der Waals surface area contributed by atoms with Gasteiger partial charge in [-0.2, -0.15) is 13.2 Å². The summed E-state index contributed by atoms with van der Waals surface area (Å²) in [6, 6.07) is 0. The molecular formula is C8H14F3NO2S. The Hall–Kier alpha value is -0.430. The maximum absolute atomic E-state index is 11.7. The third-order valence-electron chi connectivity index (χ3n) is 1.71. The maximum atomic E-state index is 11.7. The minimum atomic E-state index is -4.78. The number of halogens is 3. The largest absolute Gasteiger partial charge is 0.471 e. The number of hydrogen-bond donors (Lipinski definition) is 2. The molecule has 0 spiro atoms. The van der Waals surface area contributed by atoms with Gasteiger partial charge in [0, 0.05) is 6.54 Å². The van der Waals surface area contributed by atoms with Gasteiger partial charge in [0.05, 0.1) is 6.61 Å². The molecule has 0 unspecified atom stereocenters. The highest BCUT2D eigenvalue weighted by molar-refractivity contribution is 7.75. The van der Waals surface area contributed by atoms with Crippen LogP contribution in [0.1, 0.15) is 25.7 Å². The van der Waals surface area contributed by atoms with Gasteiger partial charge in [0.2, 0.25) is 0 Å². The van der Waals surface area contributed by atoms with Crippen molar-refractivity contribution in [3.8, 4) is 0 Å². The van der Waals surface area contributed by atoms with Crippen molar-refractivity contribution in [2.75, 3.05) is 13.2 Å². The van der Waals surface area contributed by atoms with Gasteiger partial charge in [-0.25, -0.2) is 0 Å². The number of rotatable bonds is 7. The van der Waals surface area contributed by atoms with Crippen molar-refractivity contribution in [1.82, 2.24) is 5.32 Å². The van der Waals surface area contributed by atoms with Crippen molar-refractivity contribution in [1.29, 1.82) is 0 Å². The molecule has 0 fully saturated rings. The average molecular weight is 245 g/mol. The SMILES string of the molecule is O=C(NCCCCCCOS)C(F)(F)F. The van der Waals surface area contributed by atoms with E-state index in [2.05, 4.69) is 17.1 Å².